The van der Waals surface area contributed by atoms with Crippen molar-refractivity contribution in [1.29, 1.82) is 0 Å². The number of carbonyl (C=O) groups is 1. The molecular weight excluding hydrogens is 460 g/mol. The molecule has 194 valence electrons. The number of hydrogen-bond acceptors (Lipinski definition) is 8. The normalized spacial score (nSPS) is 18.6. The lowest BCUT2D eigenvalue weighted by Gasteiger charge is -2.34. The number of hydrogen-bond donors (Lipinski definition) is 0. The number of nitrogens with zero attached hydrogens (tertiary/aromatic N) is 4. The Morgan fingerprint density at radius 3 is 2.14 bits per heavy atom. The van der Waals surface area contributed by atoms with Gasteiger partial charge < -0.3 is 23.8 Å². The number of amides is 1. The van der Waals surface area contributed by atoms with Crippen LogP contribution in [-0.2, 0) is 4.79 Å². The van der Waals surface area contributed by atoms with Crippen molar-refractivity contribution >= 4 is 11.6 Å². The minimum absolute atomic E-state index is 0.0442. The van der Waals surface area contributed by atoms with Crippen LogP contribution in [0.3, 0.4) is 0 Å². The highest BCUT2D eigenvalue weighted by Crippen LogP contribution is 2.41. The zero-order valence-corrected chi connectivity index (χ0v) is 21.8. The average molecular weight is 497 g/mol. The van der Waals surface area contributed by atoms with Crippen LogP contribution in [0.2, 0.25) is 0 Å². The van der Waals surface area contributed by atoms with Crippen LogP contribution < -0.4 is 18.9 Å². The summed E-state index contributed by atoms with van der Waals surface area (Å²) in [7, 11) is 6.50. The molecule has 0 unspecified atom stereocenters. The number of methoxy groups -OCH3 is 4. The Bertz CT molecular complexity index is 1100. The van der Waals surface area contributed by atoms with E-state index in [0.29, 0.717) is 36.0 Å². The van der Waals surface area contributed by atoms with E-state index in [1.54, 1.807) is 33.4 Å². The van der Waals surface area contributed by atoms with Crippen LogP contribution in [0, 0.1) is 0 Å². The van der Waals surface area contributed by atoms with Gasteiger partial charge in [0.2, 0.25) is 0 Å². The number of piperazine rings is 1. The van der Waals surface area contributed by atoms with Crippen molar-refractivity contribution < 1.29 is 23.7 Å². The Kier molecular flexibility index (Phi) is 8.32. The fourth-order valence-electron chi connectivity index (χ4n) is 4.81. The molecule has 9 nitrogen and oxygen atoms in total. The van der Waals surface area contributed by atoms with E-state index in [4.69, 9.17) is 24.0 Å². The second-order valence-electron chi connectivity index (χ2n) is 8.89. The monoisotopic (exact) mass is 496 g/mol. The Morgan fingerprint density at radius 1 is 0.861 bits per heavy atom. The summed E-state index contributed by atoms with van der Waals surface area (Å²) < 4.78 is 22.2. The fourth-order valence-corrected chi connectivity index (χ4v) is 4.81. The van der Waals surface area contributed by atoms with Crippen LogP contribution >= 0.6 is 0 Å². The van der Waals surface area contributed by atoms with Gasteiger partial charge in [0.05, 0.1) is 46.7 Å². The summed E-state index contributed by atoms with van der Waals surface area (Å²) in [5, 5.41) is 6.47. The first-order valence-corrected chi connectivity index (χ1v) is 12.3. The lowest BCUT2D eigenvalue weighted by molar-refractivity contribution is -0.134. The molecule has 0 spiro atoms. The molecule has 2 heterocycles. The van der Waals surface area contributed by atoms with Crippen molar-refractivity contribution in [3.8, 4) is 23.0 Å². The van der Waals surface area contributed by atoms with Crippen molar-refractivity contribution in [2.24, 2.45) is 5.10 Å². The van der Waals surface area contributed by atoms with Gasteiger partial charge >= 0.3 is 0 Å². The molecule has 1 amide bonds. The van der Waals surface area contributed by atoms with Crippen LogP contribution in [-0.4, -0.2) is 94.1 Å². The van der Waals surface area contributed by atoms with Crippen LogP contribution in [0.25, 0.3) is 0 Å². The van der Waals surface area contributed by atoms with Crippen LogP contribution in [0.5, 0.6) is 23.0 Å². The number of benzene rings is 2. The summed E-state index contributed by atoms with van der Waals surface area (Å²) in [6.45, 7) is 7.18. The summed E-state index contributed by atoms with van der Waals surface area (Å²) in [5.41, 5.74) is 2.46. The molecular formula is C27H36N4O5. The van der Waals surface area contributed by atoms with Crippen LogP contribution in [0.15, 0.2) is 41.5 Å². The number of rotatable bonds is 9. The zero-order chi connectivity index (χ0) is 25.7. The molecule has 2 aliphatic heterocycles. The summed E-state index contributed by atoms with van der Waals surface area (Å²) in [6.07, 6.45) is 0.515. The summed E-state index contributed by atoms with van der Waals surface area (Å²) in [4.78, 5) is 18.3. The molecule has 0 saturated carbocycles. The number of ether oxygens (including phenoxy) is 4. The van der Waals surface area contributed by atoms with Crippen molar-refractivity contribution in [3.63, 3.8) is 0 Å². The number of hydrazone groups is 1. The molecule has 1 fully saturated rings. The molecule has 2 aliphatic rings. The van der Waals surface area contributed by atoms with E-state index < -0.39 is 0 Å². The SMILES string of the molecule is CCN1CCN(CC(=O)N2N=C(c3ccc(OC)cc3OC)C[C@@H]2c2cc(OC)ccc2OC)CC1. The second-order valence-corrected chi connectivity index (χ2v) is 8.89. The van der Waals surface area contributed by atoms with Gasteiger partial charge in [0.25, 0.3) is 5.91 Å². The van der Waals surface area contributed by atoms with E-state index in [1.807, 2.05) is 36.4 Å². The smallest absolute Gasteiger partial charge is 0.257 e. The Balaban J connectivity index is 1.67. The lowest BCUT2D eigenvalue weighted by atomic mass is 9.96. The Labute approximate surface area is 213 Å². The maximum Gasteiger partial charge on any atom is 0.257 e. The molecule has 2 aromatic rings. The van der Waals surface area contributed by atoms with E-state index in [9.17, 15) is 4.79 Å². The molecule has 1 atom stereocenters. The lowest BCUT2D eigenvalue weighted by Crippen LogP contribution is -2.49. The summed E-state index contributed by atoms with van der Waals surface area (Å²) >= 11 is 0. The predicted molar refractivity (Wildman–Crippen MR) is 138 cm³/mol. The van der Waals surface area contributed by atoms with Crippen molar-refractivity contribution in [1.82, 2.24) is 14.8 Å². The van der Waals surface area contributed by atoms with E-state index in [0.717, 1.165) is 49.6 Å². The molecule has 0 radical (unpaired) electrons. The standard InChI is InChI=1S/C27H36N4O5/c1-6-29-11-13-30(14-12-29)18-27(32)31-24(22-15-19(33-2)8-10-25(22)35-4)17-23(28-31)21-9-7-20(34-3)16-26(21)36-5/h7-10,15-16,24H,6,11-14,17-18H2,1-5H3/t24-/m1/s1. The first-order valence-electron chi connectivity index (χ1n) is 12.3. The maximum atomic E-state index is 13.7. The Hall–Kier alpha value is -3.30. The predicted octanol–water partition coefficient (Wildman–Crippen LogP) is 3.04. The minimum atomic E-state index is -0.332. The van der Waals surface area contributed by atoms with Gasteiger partial charge in [0, 0.05) is 49.8 Å². The van der Waals surface area contributed by atoms with E-state index in [2.05, 4.69) is 16.7 Å². The molecule has 1 saturated heterocycles. The summed E-state index contributed by atoms with van der Waals surface area (Å²) in [6, 6.07) is 10.9. The largest absolute Gasteiger partial charge is 0.497 e. The molecule has 2 aromatic carbocycles. The highest BCUT2D eigenvalue weighted by atomic mass is 16.5. The van der Waals surface area contributed by atoms with Crippen LogP contribution in [0.1, 0.15) is 30.5 Å². The van der Waals surface area contributed by atoms with Crippen molar-refractivity contribution in [2.75, 3.05) is 67.7 Å². The Morgan fingerprint density at radius 2 is 1.50 bits per heavy atom. The van der Waals surface area contributed by atoms with E-state index in [-0.39, 0.29) is 11.9 Å². The highest BCUT2D eigenvalue weighted by Gasteiger charge is 2.36. The van der Waals surface area contributed by atoms with Gasteiger partial charge in [0.15, 0.2) is 0 Å². The first-order chi connectivity index (χ1) is 17.5. The molecule has 36 heavy (non-hydrogen) atoms. The number of carbonyl (C=O) groups excluding carboxylic acids is 1. The van der Waals surface area contributed by atoms with E-state index in [1.165, 1.54) is 0 Å². The fraction of sp³-hybridized carbons (Fsp3) is 0.481. The van der Waals surface area contributed by atoms with Gasteiger partial charge in [-0.2, -0.15) is 5.10 Å². The van der Waals surface area contributed by atoms with Gasteiger partial charge in [-0.3, -0.25) is 9.69 Å². The molecule has 9 heteroatoms. The van der Waals surface area contributed by atoms with E-state index >= 15 is 0 Å². The molecule has 0 N–H and O–H groups in total. The highest BCUT2D eigenvalue weighted by molar-refractivity contribution is 6.05. The minimum Gasteiger partial charge on any atom is -0.497 e. The molecule has 0 aliphatic carbocycles. The van der Waals surface area contributed by atoms with Gasteiger partial charge in [-0.05, 0) is 36.9 Å². The van der Waals surface area contributed by atoms with Crippen LogP contribution in [0.4, 0.5) is 0 Å². The quantitative estimate of drug-likeness (QED) is 0.528. The van der Waals surface area contributed by atoms with Crippen molar-refractivity contribution in [2.45, 2.75) is 19.4 Å². The molecule has 0 aromatic heterocycles. The third-order valence-corrected chi connectivity index (χ3v) is 6.95. The topological polar surface area (TPSA) is 76.1 Å². The van der Waals surface area contributed by atoms with Gasteiger partial charge in [-0.25, -0.2) is 5.01 Å². The third-order valence-electron chi connectivity index (χ3n) is 6.95. The van der Waals surface area contributed by atoms with Gasteiger partial charge in [0.1, 0.15) is 23.0 Å². The number of likely N-dealkylation sites (N-methyl/N-ethyl adjacent to an activating group) is 1. The van der Waals surface area contributed by atoms with Gasteiger partial charge in [-0.15, -0.1) is 0 Å². The molecule has 4 rings (SSSR count). The van der Waals surface area contributed by atoms with Gasteiger partial charge in [-0.1, -0.05) is 6.92 Å². The third kappa shape index (κ3) is 5.42. The molecule has 0 bridgehead atoms. The summed E-state index contributed by atoms with van der Waals surface area (Å²) in [5.74, 6) is 2.68. The average Bonchev–Trinajstić information content (AvgIpc) is 3.38. The maximum absolute atomic E-state index is 13.7. The second kappa shape index (κ2) is 11.6. The van der Waals surface area contributed by atoms with Crippen molar-refractivity contribution in [3.05, 3.63) is 47.5 Å². The first kappa shape index (κ1) is 25.8. The zero-order valence-electron chi connectivity index (χ0n) is 21.8.